The Morgan fingerprint density at radius 3 is 2.77 bits per heavy atom. The van der Waals surface area contributed by atoms with Gasteiger partial charge >= 0.3 is 0 Å². The summed E-state index contributed by atoms with van der Waals surface area (Å²) < 4.78 is 34.6. The summed E-state index contributed by atoms with van der Waals surface area (Å²) in [5, 5.41) is 0. The number of hydrogen-bond acceptors (Lipinski definition) is 4. The van der Waals surface area contributed by atoms with Crippen LogP contribution in [0, 0.1) is 29.5 Å². The van der Waals surface area contributed by atoms with Gasteiger partial charge in [0.15, 0.2) is 0 Å². The maximum absolute atomic E-state index is 14.3. The van der Waals surface area contributed by atoms with E-state index >= 15 is 0 Å². The molecule has 3 aliphatic carbocycles. The molecule has 4 fully saturated rings. The van der Waals surface area contributed by atoms with Crippen LogP contribution in [0.15, 0.2) is 41.3 Å². The molecule has 8 heteroatoms. The molecule has 0 radical (unpaired) electrons. The minimum Gasteiger partial charge on any atom is -0.477 e. The number of carbonyl (C=O) groups excluding carboxylic acids is 1. The van der Waals surface area contributed by atoms with Crippen molar-refractivity contribution in [3.05, 3.63) is 52.6 Å². The van der Waals surface area contributed by atoms with Gasteiger partial charge in [-0.05, 0) is 70.6 Å². The van der Waals surface area contributed by atoms with Crippen molar-refractivity contribution in [2.75, 3.05) is 13.2 Å². The van der Waals surface area contributed by atoms with Crippen LogP contribution >= 0.6 is 15.9 Å². The van der Waals surface area contributed by atoms with Crippen LogP contribution in [0.4, 0.5) is 8.78 Å². The first-order valence-corrected chi connectivity index (χ1v) is 11.6. The van der Waals surface area contributed by atoms with E-state index in [4.69, 9.17) is 4.74 Å². The van der Waals surface area contributed by atoms with Crippen molar-refractivity contribution in [3.63, 3.8) is 0 Å². The fourth-order valence-corrected chi connectivity index (χ4v) is 5.79. The molecule has 1 aromatic carbocycles. The average molecular weight is 492 g/mol. The van der Waals surface area contributed by atoms with Crippen molar-refractivity contribution >= 4 is 21.8 Å². The third-order valence-electron chi connectivity index (χ3n) is 7.14. The maximum Gasteiger partial charge on any atom is 0.226 e. The van der Waals surface area contributed by atoms with Gasteiger partial charge in [-0.3, -0.25) is 4.79 Å². The Bertz CT molecular complexity index is 971. The highest BCUT2D eigenvalue weighted by molar-refractivity contribution is 9.10. The van der Waals surface area contributed by atoms with Gasteiger partial charge in [-0.1, -0.05) is 12.1 Å². The topological polar surface area (TPSA) is 55.3 Å². The summed E-state index contributed by atoms with van der Waals surface area (Å²) in [7, 11) is 0. The molecular formula is C23H24BrF2N3O2. The maximum atomic E-state index is 14.3. The van der Waals surface area contributed by atoms with E-state index in [9.17, 15) is 13.6 Å². The molecule has 1 saturated heterocycles. The molecule has 2 bridgehead atoms. The summed E-state index contributed by atoms with van der Waals surface area (Å²) in [6.45, 7) is 0.590. The summed E-state index contributed by atoms with van der Waals surface area (Å²) in [6.07, 6.45) is 3.35. The molecule has 5 nitrogen and oxygen atoms in total. The Morgan fingerprint density at radius 1 is 1.16 bits per heavy atom. The summed E-state index contributed by atoms with van der Waals surface area (Å²) in [4.78, 5) is 23.3. The number of aromatic nitrogens is 2. The van der Waals surface area contributed by atoms with Gasteiger partial charge in [0.25, 0.3) is 0 Å². The van der Waals surface area contributed by atoms with Gasteiger partial charge < -0.3 is 9.64 Å². The molecule has 0 N–H and O–H groups in total. The molecule has 2 heterocycles. The number of carbonyl (C=O) groups is 1. The van der Waals surface area contributed by atoms with Crippen LogP contribution in [0.5, 0.6) is 5.88 Å². The Morgan fingerprint density at radius 2 is 2.00 bits per heavy atom. The van der Waals surface area contributed by atoms with E-state index in [1.807, 2.05) is 0 Å². The number of likely N-dealkylation sites (tertiary alicyclic amines) is 1. The highest BCUT2D eigenvalue weighted by Gasteiger charge is 2.51. The Balaban J connectivity index is 1.28. The first-order valence-electron chi connectivity index (χ1n) is 10.8. The fraction of sp³-hybridized carbons (Fsp3) is 0.522. The zero-order valence-electron chi connectivity index (χ0n) is 17.0. The standard InChI is InChI=1S/C23H24BrF2N3O2/c24-21-9-22(28-12-27-21)31-11-16-7-19(15-4-14(16)5-15)23(30)29-10-18(26)8-20(29)13-2-1-3-17(25)6-13/h1-3,6,9,12,14-16,18-20H,4-5,7-8,10-11H2/t14?,15?,16?,18?,19-,20?/m0/s1. The van der Waals surface area contributed by atoms with E-state index < -0.39 is 12.2 Å². The number of fused-ring (bicyclic) bond motifs is 2. The number of hydrogen-bond donors (Lipinski definition) is 0. The van der Waals surface area contributed by atoms with Gasteiger partial charge in [0.2, 0.25) is 11.8 Å². The fourth-order valence-electron chi connectivity index (χ4n) is 5.50. The summed E-state index contributed by atoms with van der Waals surface area (Å²) >= 11 is 3.31. The lowest BCUT2D eigenvalue weighted by Crippen LogP contribution is -2.50. The number of nitrogens with zero attached hydrogens (tertiary/aromatic N) is 3. The lowest BCUT2D eigenvalue weighted by atomic mass is 9.55. The third-order valence-corrected chi connectivity index (χ3v) is 7.57. The largest absolute Gasteiger partial charge is 0.477 e. The molecular weight excluding hydrogens is 468 g/mol. The van der Waals surface area contributed by atoms with Crippen LogP contribution in [0.1, 0.15) is 37.3 Å². The van der Waals surface area contributed by atoms with Gasteiger partial charge in [-0.25, -0.2) is 18.7 Å². The third kappa shape index (κ3) is 4.19. The van der Waals surface area contributed by atoms with E-state index in [1.54, 1.807) is 23.1 Å². The molecule has 1 amide bonds. The van der Waals surface area contributed by atoms with Gasteiger partial charge in [-0.15, -0.1) is 0 Å². The van der Waals surface area contributed by atoms with Crippen LogP contribution in [0.25, 0.3) is 0 Å². The predicted octanol–water partition coefficient (Wildman–Crippen LogP) is 4.73. The first kappa shape index (κ1) is 20.8. The van der Waals surface area contributed by atoms with Gasteiger partial charge in [0.1, 0.15) is 22.9 Å². The second-order valence-electron chi connectivity index (χ2n) is 8.98. The molecule has 4 atom stereocenters. The van der Waals surface area contributed by atoms with Gasteiger partial charge in [-0.2, -0.15) is 0 Å². The molecule has 4 aliphatic rings. The number of rotatable bonds is 5. The molecule has 1 aromatic heterocycles. The zero-order chi connectivity index (χ0) is 21.5. The minimum absolute atomic E-state index is 0.00680. The van der Waals surface area contributed by atoms with Crippen LogP contribution in [0.3, 0.4) is 0 Å². The summed E-state index contributed by atoms with van der Waals surface area (Å²) in [5.74, 6) is 1.21. The van der Waals surface area contributed by atoms with Crippen molar-refractivity contribution in [2.45, 2.75) is 37.9 Å². The van der Waals surface area contributed by atoms with E-state index in [1.165, 1.54) is 18.5 Å². The SMILES string of the molecule is O=C([C@H]1CC(COc2cc(Br)ncn2)C2CC1C2)N1CC(F)CC1c1cccc(F)c1. The quantitative estimate of drug-likeness (QED) is 0.567. The number of ether oxygens (including phenoxy) is 1. The molecule has 0 spiro atoms. The molecule has 2 aromatic rings. The molecule has 3 saturated carbocycles. The molecule has 164 valence electrons. The molecule has 3 unspecified atom stereocenters. The Kier molecular flexibility index (Phi) is 5.67. The number of alkyl halides is 1. The predicted molar refractivity (Wildman–Crippen MR) is 113 cm³/mol. The van der Waals surface area contributed by atoms with E-state index in [0.717, 1.165) is 19.3 Å². The van der Waals surface area contributed by atoms with E-state index in [0.29, 0.717) is 34.5 Å². The molecule has 1 aliphatic heterocycles. The summed E-state index contributed by atoms with van der Waals surface area (Å²) in [6, 6.07) is 7.51. The average Bonchev–Trinajstić information content (AvgIpc) is 3.12. The number of halogens is 3. The van der Waals surface area contributed by atoms with Crippen molar-refractivity contribution in [1.29, 1.82) is 0 Å². The van der Waals surface area contributed by atoms with Crippen molar-refractivity contribution in [1.82, 2.24) is 14.9 Å². The highest BCUT2D eigenvalue weighted by atomic mass is 79.9. The second kappa shape index (κ2) is 8.45. The van der Waals surface area contributed by atoms with Crippen molar-refractivity contribution in [2.24, 2.45) is 23.7 Å². The number of benzene rings is 1. The molecule has 31 heavy (non-hydrogen) atoms. The minimum atomic E-state index is -1.08. The van der Waals surface area contributed by atoms with Crippen LogP contribution in [-0.2, 0) is 4.79 Å². The van der Waals surface area contributed by atoms with Crippen LogP contribution in [-0.4, -0.2) is 40.1 Å². The van der Waals surface area contributed by atoms with Crippen molar-refractivity contribution in [3.8, 4) is 5.88 Å². The normalized spacial score (nSPS) is 31.9. The molecule has 6 rings (SSSR count). The summed E-state index contributed by atoms with van der Waals surface area (Å²) in [5.41, 5.74) is 0.671. The van der Waals surface area contributed by atoms with Crippen LogP contribution < -0.4 is 4.74 Å². The Hall–Kier alpha value is -2.09. The van der Waals surface area contributed by atoms with Gasteiger partial charge in [0, 0.05) is 18.4 Å². The second-order valence-corrected chi connectivity index (χ2v) is 9.79. The monoisotopic (exact) mass is 491 g/mol. The zero-order valence-corrected chi connectivity index (χ0v) is 18.5. The van der Waals surface area contributed by atoms with Gasteiger partial charge in [0.05, 0.1) is 19.2 Å². The van der Waals surface area contributed by atoms with Crippen molar-refractivity contribution < 1.29 is 18.3 Å². The smallest absolute Gasteiger partial charge is 0.226 e. The lowest BCUT2D eigenvalue weighted by Gasteiger charge is -2.51. The number of amides is 1. The first-order chi connectivity index (χ1) is 15.0. The Labute approximate surface area is 188 Å². The highest BCUT2D eigenvalue weighted by Crippen LogP contribution is 2.53. The van der Waals surface area contributed by atoms with Crippen LogP contribution in [0.2, 0.25) is 0 Å². The van der Waals surface area contributed by atoms with E-state index in [-0.39, 0.29) is 36.5 Å². The lowest BCUT2D eigenvalue weighted by molar-refractivity contribution is -0.147. The van der Waals surface area contributed by atoms with E-state index in [2.05, 4.69) is 25.9 Å².